The van der Waals surface area contributed by atoms with Crippen LogP contribution in [0.1, 0.15) is 4.88 Å². The molecule has 5 nitrogen and oxygen atoms in total. The number of nitrogens with zero attached hydrogens (tertiary/aromatic N) is 1. The Labute approximate surface area is 126 Å². The van der Waals surface area contributed by atoms with Crippen LogP contribution in [0.15, 0.2) is 58.1 Å². The zero-order valence-corrected chi connectivity index (χ0v) is 12.7. The average Bonchev–Trinajstić information content (AvgIpc) is 3.08. The van der Waals surface area contributed by atoms with Gasteiger partial charge in [0, 0.05) is 16.6 Å². The number of thiophene rings is 1. The van der Waals surface area contributed by atoms with Crippen molar-refractivity contribution in [3.63, 3.8) is 0 Å². The van der Waals surface area contributed by atoms with E-state index in [2.05, 4.69) is 9.88 Å². The van der Waals surface area contributed by atoms with E-state index in [0.29, 0.717) is 16.3 Å². The predicted octanol–water partition coefficient (Wildman–Crippen LogP) is 3.51. The maximum absolute atomic E-state index is 12.5. The first-order valence-corrected chi connectivity index (χ1v) is 8.45. The van der Waals surface area contributed by atoms with E-state index in [-0.39, 0.29) is 4.90 Å². The highest BCUT2D eigenvalue weighted by atomic mass is 32.2. The highest BCUT2D eigenvalue weighted by Gasteiger charge is 2.21. The summed E-state index contributed by atoms with van der Waals surface area (Å²) in [5, 5.41) is 3.63. The SMILES string of the molecule is Cc1sc(-c2ccno2)cc1S(=O)(=O)Nc1ccccc1. The van der Waals surface area contributed by atoms with E-state index in [4.69, 9.17) is 4.52 Å². The summed E-state index contributed by atoms with van der Waals surface area (Å²) in [6, 6.07) is 12.1. The molecule has 3 rings (SSSR count). The van der Waals surface area contributed by atoms with E-state index in [0.717, 1.165) is 4.88 Å². The third kappa shape index (κ3) is 2.84. The van der Waals surface area contributed by atoms with E-state index in [1.165, 1.54) is 17.5 Å². The van der Waals surface area contributed by atoms with Crippen LogP contribution in [0.2, 0.25) is 0 Å². The van der Waals surface area contributed by atoms with Crippen LogP contribution in [0.25, 0.3) is 10.6 Å². The molecule has 2 aromatic heterocycles. The van der Waals surface area contributed by atoms with Crippen molar-refractivity contribution in [3.8, 4) is 10.6 Å². The van der Waals surface area contributed by atoms with Gasteiger partial charge in [0.05, 0.1) is 11.1 Å². The van der Waals surface area contributed by atoms with E-state index < -0.39 is 10.0 Å². The molecule has 2 heterocycles. The van der Waals surface area contributed by atoms with Crippen LogP contribution >= 0.6 is 11.3 Å². The molecule has 0 aliphatic carbocycles. The molecule has 0 radical (unpaired) electrons. The van der Waals surface area contributed by atoms with Crippen LogP contribution < -0.4 is 4.72 Å². The number of rotatable bonds is 4. The zero-order chi connectivity index (χ0) is 14.9. The largest absolute Gasteiger partial charge is 0.355 e. The van der Waals surface area contributed by atoms with Gasteiger partial charge in [-0.3, -0.25) is 4.72 Å². The molecule has 0 spiro atoms. The molecule has 0 amide bonds. The number of sulfonamides is 1. The summed E-state index contributed by atoms with van der Waals surface area (Å²) in [6.45, 7) is 1.77. The molecule has 0 saturated heterocycles. The predicted molar refractivity (Wildman–Crippen MR) is 81.8 cm³/mol. The Kier molecular flexibility index (Phi) is 3.52. The Hall–Kier alpha value is -2.12. The minimum atomic E-state index is -3.62. The van der Waals surface area contributed by atoms with Gasteiger partial charge in [-0.15, -0.1) is 11.3 Å². The van der Waals surface area contributed by atoms with Gasteiger partial charge in [-0.1, -0.05) is 23.4 Å². The maximum atomic E-state index is 12.5. The van der Waals surface area contributed by atoms with Crippen molar-refractivity contribution in [2.24, 2.45) is 0 Å². The first kappa shape index (κ1) is 13.8. The Balaban J connectivity index is 1.96. The molecule has 108 valence electrons. The number of benzene rings is 1. The van der Waals surface area contributed by atoms with E-state index in [9.17, 15) is 8.42 Å². The van der Waals surface area contributed by atoms with Gasteiger partial charge in [-0.05, 0) is 25.1 Å². The summed E-state index contributed by atoms with van der Waals surface area (Å²) in [7, 11) is -3.62. The Bertz CT molecular complexity index is 838. The quantitative estimate of drug-likeness (QED) is 0.798. The van der Waals surface area contributed by atoms with Gasteiger partial charge in [-0.2, -0.15) is 0 Å². The summed E-state index contributed by atoms with van der Waals surface area (Å²) < 4.78 is 32.5. The van der Waals surface area contributed by atoms with Gasteiger partial charge in [0.15, 0.2) is 5.76 Å². The highest BCUT2D eigenvalue weighted by Crippen LogP contribution is 2.34. The fraction of sp³-hybridized carbons (Fsp3) is 0.0714. The van der Waals surface area contributed by atoms with Crippen LogP contribution in [0, 0.1) is 6.92 Å². The van der Waals surface area contributed by atoms with Gasteiger partial charge >= 0.3 is 0 Å². The molecule has 1 aromatic carbocycles. The standard InChI is InChI=1S/C14H12N2O3S2/c1-10-14(9-13(20-10)12-7-8-15-19-12)21(17,18)16-11-5-3-2-4-6-11/h2-9,16H,1H3. The van der Waals surface area contributed by atoms with Crippen molar-refractivity contribution < 1.29 is 12.9 Å². The van der Waals surface area contributed by atoms with Crippen molar-refractivity contribution in [1.29, 1.82) is 0 Å². The molecule has 0 aliphatic rings. The van der Waals surface area contributed by atoms with Gasteiger partial charge in [0.2, 0.25) is 0 Å². The van der Waals surface area contributed by atoms with Gasteiger partial charge < -0.3 is 4.52 Å². The highest BCUT2D eigenvalue weighted by molar-refractivity contribution is 7.93. The number of aromatic nitrogens is 1. The molecule has 1 N–H and O–H groups in total. The van der Waals surface area contributed by atoms with Gasteiger partial charge in [-0.25, -0.2) is 8.42 Å². The number of para-hydroxylation sites is 1. The summed E-state index contributed by atoms with van der Waals surface area (Å²) in [5.41, 5.74) is 0.532. The second-order valence-electron chi connectivity index (χ2n) is 4.38. The van der Waals surface area contributed by atoms with E-state index >= 15 is 0 Å². The first-order chi connectivity index (χ1) is 10.1. The molecule has 21 heavy (non-hydrogen) atoms. The van der Waals surface area contributed by atoms with Crippen molar-refractivity contribution >= 4 is 27.0 Å². The number of hydrogen-bond donors (Lipinski definition) is 1. The fourth-order valence-electron chi connectivity index (χ4n) is 1.91. The monoisotopic (exact) mass is 320 g/mol. The number of nitrogens with one attached hydrogen (secondary N) is 1. The Morgan fingerprint density at radius 2 is 1.95 bits per heavy atom. The molecular weight excluding hydrogens is 308 g/mol. The Morgan fingerprint density at radius 1 is 1.19 bits per heavy atom. The smallest absolute Gasteiger partial charge is 0.263 e. The van der Waals surface area contributed by atoms with Crippen molar-refractivity contribution in [1.82, 2.24) is 5.16 Å². The van der Waals surface area contributed by atoms with Gasteiger partial charge in [0.1, 0.15) is 4.90 Å². The number of aryl methyl sites for hydroxylation is 1. The summed E-state index contributed by atoms with van der Waals surface area (Å²) in [5.74, 6) is 0.560. The van der Waals surface area contributed by atoms with Crippen molar-refractivity contribution in [2.45, 2.75) is 11.8 Å². The molecular formula is C14H12N2O3S2. The minimum Gasteiger partial charge on any atom is -0.355 e. The van der Waals surface area contributed by atoms with Crippen LogP contribution in [0.5, 0.6) is 0 Å². The lowest BCUT2D eigenvalue weighted by Crippen LogP contribution is -2.12. The second kappa shape index (κ2) is 5.34. The van der Waals surface area contributed by atoms with Crippen LogP contribution in [0.3, 0.4) is 0 Å². The summed E-state index contributed by atoms with van der Waals surface area (Å²) in [6.07, 6.45) is 1.53. The molecule has 0 saturated carbocycles. The number of hydrogen-bond acceptors (Lipinski definition) is 5. The molecule has 0 aliphatic heterocycles. The summed E-state index contributed by atoms with van der Waals surface area (Å²) in [4.78, 5) is 1.69. The lowest BCUT2D eigenvalue weighted by atomic mass is 10.3. The van der Waals surface area contributed by atoms with Crippen molar-refractivity contribution in [3.05, 3.63) is 53.5 Å². The molecule has 3 aromatic rings. The third-order valence-corrected chi connectivity index (χ3v) is 5.57. The normalized spacial score (nSPS) is 11.5. The second-order valence-corrected chi connectivity index (χ2v) is 7.29. The van der Waals surface area contributed by atoms with E-state index in [1.807, 2.05) is 6.07 Å². The lowest BCUT2D eigenvalue weighted by molar-refractivity contribution is 0.433. The number of anilines is 1. The average molecular weight is 320 g/mol. The molecule has 0 atom stereocenters. The molecule has 0 bridgehead atoms. The zero-order valence-electron chi connectivity index (χ0n) is 11.1. The van der Waals surface area contributed by atoms with Crippen LogP contribution in [-0.4, -0.2) is 13.6 Å². The molecule has 7 heteroatoms. The topological polar surface area (TPSA) is 72.2 Å². The van der Waals surface area contributed by atoms with E-state index in [1.54, 1.807) is 43.3 Å². The van der Waals surface area contributed by atoms with Crippen LogP contribution in [-0.2, 0) is 10.0 Å². The maximum Gasteiger partial charge on any atom is 0.263 e. The molecule has 0 fully saturated rings. The van der Waals surface area contributed by atoms with Crippen LogP contribution in [0.4, 0.5) is 5.69 Å². The van der Waals surface area contributed by atoms with Crippen molar-refractivity contribution in [2.75, 3.05) is 4.72 Å². The molecule has 0 unspecified atom stereocenters. The lowest BCUT2D eigenvalue weighted by Gasteiger charge is -2.06. The summed E-state index contributed by atoms with van der Waals surface area (Å²) >= 11 is 1.36. The fourth-order valence-corrected chi connectivity index (χ4v) is 4.52. The Morgan fingerprint density at radius 3 is 2.62 bits per heavy atom. The third-order valence-electron chi connectivity index (χ3n) is 2.87. The first-order valence-electron chi connectivity index (χ1n) is 6.15. The van der Waals surface area contributed by atoms with Gasteiger partial charge in [0.25, 0.3) is 10.0 Å². The minimum absolute atomic E-state index is 0.253.